The maximum atomic E-state index is 10.9. The summed E-state index contributed by atoms with van der Waals surface area (Å²) in [5.74, 6) is 0.923. The summed E-state index contributed by atoms with van der Waals surface area (Å²) in [7, 11) is 0. The van der Waals surface area contributed by atoms with Crippen molar-refractivity contribution in [1.29, 1.82) is 0 Å². The number of nitro groups is 1. The lowest BCUT2D eigenvalue weighted by atomic mass is 10.3. The summed E-state index contributed by atoms with van der Waals surface area (Å²) in [5, 5.41) is 17.0. The van der Waals surface area contributed by atoms with Gasteiger partial charge in [-0.2, -0.15) is 0 Å². The molecule has 0 aliphatic carbocycles. The molecule has 0 fully saturated rings. The van der Waals surface area contributed by atoms with Crippen LogP contribution in [0.15, 0.2) is 12.1 Å². The highest BCUT2D eigenvalue weighted by molar-refractivity contribution is 5.60. The minimum Gasteiger partial charge on any atom is -0.381 e. The summed E-state index contributed by atoms with van der Waals surface area (Å²) in [6.45, 7) is 6.69. The Balaban J connectivity index is 2.56. The Morgan fingerprint density at radius 2 is 2.10 bits per heavy atom. The van der Waals surface area contributed by atoms with Gasteiger partial charge in [0, 0.05) is 32.4 Å². The van der Waals surface area contributed by atoms with E-state index in [0.29, 0.717) is 24.8 Å². The van der Waals surface area contributed by atoms with Gasteiger partial charge in [-0.1, -0.05) is 6.92 Å². The van der Waals surface area contributed by atoms with Crippen LogP contribution in [-0.4, -0.2) is 36.2 Å². The average Bonchev–Trinajstić information content (AvgIpc) is 2.43. The molecule has 0 saturated heterocycles. The molecule has 0 aliphatic rings. The first-order valence-corrected chi connectivity index (χ1v) is 6.90. The lowest BCUT2D eigenvalue weighted by Gasteiger charge is -2.09. The third-order valence-electron chi connectivity index (χ3n) is 2.53. The SMILES string of the molecule is CCCOCCCNc1nc(NCC)ccc1[N+](=O)[O-]. The van der Waals surface area contributed by atoms with Crippen LogP contribution in [0.25, 0.3) is 0 Å². The van der Waals surface area contributed by atoms with Gasteiger partial charge < -0.3 is 15.4 Å². The molecular weight excluding hydrogens is 260 g/mol. The lowest BCUT2D eigenvalue weighted by Crippen LogP contribution is -2.10. The first-order valence-electron chi connectivity index (χ1n) is 6.90. The van der Waals surface area contributed by atoms with Crippen molar-refractivity contribution in [3.05, 3.63) is 22.2 Å². The van der Waals surface area contributed by atoms with Crippen LogP contribution in [0.2, 0.25) is 0 Å². The number of pyridine rings is 1. The number of ether oxygens (including phenoxy) is 1. The summed E-state index contributed by atoms with van der Waals surface area (Å²) in [4.78, 5) is 14.7. The third kappa shape index (κ3) is 5.40. The van der Waals surface area contributed by atoms with Gasteiger partial charge in [0.1, 0.15) is 5.82 Å². The standard InChI is InChI=1S/C13H22N4O3/c1-3-9-20-10-5-8-15-13-11(17(18)19)6-7-12(16-13)14-4-2/h6-7H,3-5,8-10H2,1-2H3,(H2,14,15,16). The van der Waals surface area contributed by atoms with E-state index in [-0.39, 0.29) is 5.69 Å². The minimum absolute atomic E-state index is 0.0128. The molecule has 0 unspecified atom stereocenters. The fraction of sp³-hybridized carbons (Fsp3) is 0.615. The van der Waals surface area contributed by atoms with E-state index in [4.69, 9.17) is 4.74 Å². The predicted molar refractivity (Wildman–Crippen MR) is 79.3 cm³/mol. The van der Waals surface area contributed by atoms with E-state index in [2.05, 4.69) is 22.5 Å². The first-order chi connectivity index (χ1) is 9.69. The lowest BCUT2D eigenvalue weighted by molar-refractivity contribution is -0.384. The fourth-order valence-electron chi connectivity index (χ4n) is 1.64. The van der Waals surface area contributed by atoms with Gasteiger partial charge in [0.15, 0.2) is 0 Å². The first kappa shape index (κ1) is 16.2. The maximum absolute atomic E-state index is 10.9. The Kier molecular flexibility index (Phi) is 7.34. The molecule has 1 aromatic heterocycles. The van der Waals surface area contributed by atoms with E-state index in [1.165, 1.54) is 6.07 Å². The molecule has 0 amide bonds. The van der Waals surface area contributed by atoms with E-state index in [9.17, 15) is 10.1 Å². The number of nitrogens with one attached hydrogen (secondary N) is 2. The van der Waals surface area contributed by atoms with Crippen LogP contribution in [-0.2, 0) is 4.74 Å². The molecular formula is C13H22N4O3. The smallest absolute Gasteiger partial charge is 0.311 e. The second-order valence-corrected chi connectivity index (χ2v) is 4.24. The molecule has 7 heteroatoms. The van der Waals surface area contributed by atoms with Crippen LogP contribution in [0.5, 0.6) is 0 Å². The van der Waals surface area contributed by atoms with Gasteiger partial charge >= 0.3 is 5.69 Å². The molecule has 0 saturated carbocycles. The summed E-state index contributed by atoms with van der Waals surface area (Å²) in [6.07, 6.45) is 1.77. The van der Waals surface area contributed by atoms with E-state index >= 15 is 0 Å². The normalized spacial score (nSPS) is 10.3. The van der Waals surface area contributed by atoms with Gasteiger partial charge in [0.25, 0.3) is 0 Å². The highest BCUT2D eigenvalue weighted by atomic mass is 16.6. The van der Waals surface area contributed by atoms with Gasteiger partial charge in [-0.25, -0.2) is 4.98 Å². The molecule has 0 bridgehead atoms. The molecule has 112 valence electrons. The van der Waals surface area contributed by atoms with Gasteiger partial charge in [-0.15, -0.1) is 0 Å². The number of anilines is 2. The summed E-state index contributed by atoms with van der Waals surface area (Å²) in [6, 6.07) is 3.07. The molecule has 7 nitrogen and oxygen atoms in total. The highest BCUT2D eigenvalue weighted by Gasteiger charge is 2.15. The Bertz CT molecular complexity index is 426. The van der Waals surface area contributed by atoms with Gasteiger partial charge in [0.05, 0.1) is 4.92 Å². The highest BCUT2D eigenvalue weighted by Crippen LogP contribution is 2.23. The number of hydrogen-bond acceptors (Lipinski definition) is 6. The van der Waals surface area contributed by atoms with Crippen LogP contribution >= 0.6 is 0 Å². The van der Waals surface area contributed by atoms with Crippen LogP contribution in [0.3, 0.4) is 0 Å². The molecule has 0 atom stereocenters. The Morgan fingerprint density at radius 3 is 2.75 bits per heavy atom. The predicted octanol–water partition coefficient (Wildman–Crippen LogP) is 2.65. The summed E-state index contributed by atoms with van der Waals surface area (Å²) in [5.41, 5.74) is -0.0128. The van der Waals surface area contributed by atoms with Gasteiger partial charge in [-0.05, 0) is 25.8 Å². The molecule has 1 rings (SSSR count). The zero-order valence-electron chi connectivity index (χ0n) is 12.0. The second kappa shape index (κ2) is 9.08. The molecule has 20 heavy (non-hydrogen) atoms. The zero-order chi connectivity index (χ0) is 14.8. The Labute approximate surface area is 118 Å². The third-order valence-corrected chi connectivity index (χ3v) is 2.53. The molecule has 1 heterocycles. The van der Waals surface area contributed by atoms with Crippen molar-refractivity contribution in [1.82, 2.24) is 4.98 Å². The van der Waals surface area contributed by atoms with Crippen LogP contribution < -0.4 is 10.6 Å². The minimum atomic E-state index is -0.432. The van der Waals surface area contributed by atoms with E-state index in [1.807, 2.05) is 6.92 Å². The largest absolute Gasteiger partial charge is 0.381 e. The van der Waals surface area contributed by atoms with Gasteiger partial charge in [0.2, 0.25) is 5.82 Å². The number of rotatable bonds is 10. The Morgan fingerprint density at radius 1 is 1.30 bits per heavy atom. The number of aromatic nitrogens is 1. The van der Waals surface area contributed by atoms with Crippen molar-refractivity contribution in [2.45, 2.75) is 26.7 Å². The van der Waals surface area contributed by atoms with Crippen molar-refractivity contribution in [2.24, 2.45) is 0 Å². The van der Waals surface area contributed by atoms with Gasteiger partial charge in [-0.3, -0.25) is 10.1 Å². The zero-order valence-corrected chi connectivity index (χ0v) is 12.0. The second-order valence-electron chi connectivity index (χ2n) is 4.24. The molecule has 0 radical (unpaired) electrons. The van der Waals surface area contributed by atoms with Crippen molar-refractivity contribution in [3.63, 3.8) is 0 Å². The molecule has 0 aromatic carbocycles. The van der Waals surface area contributed by atoms with Crippen molar-refractivity contribution >= 4 is 17.3 Å². The molecule has 0 aliphatic heterocycles. The fourth-order valence-corrected chi connectivity index (χ4v) is 1.64. The topological polar surface area (TPSA) is 89.3 Å². The molecule has 0 spiro atoms. The summed E-state index contributed by atoms with van der Waals surface area (Å²) >= 11 is 0. The van der Waals surface area contributed by atoms with Crippen molar-refractivity contribution in [2.75, 3.05) is 36.9 Å². The number of nitrogens with zero attached hydrogens (tertiary/aromatic N) is 2. The Hall–Kier alpha value is -1.89. The number of hydrogen-bond donors (Lipinski definition) is 2. The van der Waals surface area contributed by atoms with E-state index < -0.39 is 4.92 Å². The van der Waals surface area contributed by atoms with Crippen LogP contribution in [0.4, 0.5) is 17.3 Å². The van der Waals surface area contributed by atoms with Crippen LogP contribution in [0.1, 0.15) is 26.7 Å². The quantitative estimate of drug-likeness (QED) is 0.389. The maximum Gasteiger partial charge on any atom is 0.311 e. The molecule has 1 aromatic rings. The van der Waals surface area contributed by atoms with Crippen LogP contribution in [0, 0.1) is 10.1 Å². The van der Waals surface area contributed by atoms with Crippen molar-refractivity contribution < 1.29 is 9.66 Å². The monoisotopic (exact) mass is 282 g/mol. The van der Waals surface area contributed by atoms with E-state index in [0.717, 1.165) is 26.0 Å². The van der Waals surface area contributed by atoms with E-state index in [1.54, 1.807) is 6.07 Å². The summed E-state index contributed by atoms with van der Waals surface area (Å²) < 4.78 is 5.35. The average molecular weight is 282 g/mol. The van der Waals surface area contributed by atoms with Crippen molar-refractivity contribution in [3.8, 4) is 0 Å². The molecule has 2 N–H and O–H groups in total.